The van der Waals surface area contributed by atoms with Crippen LogP contribution in [0.15, 0.2) is 51.6 Å². The molecule has 0 saturated carbocycles. The van der Waals surface area contributed by atoms with E-state index in [1.807, 2.05) is 6.07 Å². The van der Waals surface area contributed by atoms with E-state index < -0.39 is 0 Å². The van der Waals surface area contributed by atoms with Crippen LogP contribution in [0, 0.1) is 0 Å². The van der Waals surface area contributed by atoms with E-state index in [9.17, 15) is 4.79 Å². The largest absolute Gasteiger partial charge is 0.484 e. The van der Waals surface area contributed by atoms with E-state index in [2.05, 4.69) is 26.3 Å². The molecule has 0 saturated heterocycles. The molecule has 2 heterocycles. The molecule has 2 aromatic heterocycles. The fraction of sp³-hybridized carbons (Fsp3) is 0.176. The standard InChI is InChI=1S/C17H14BrCl2N3O3/c18-11-1-3-15(14(20)7-11)25-10-13-2-4-16(26-13)17(24)21-5-6-23-9-12(19)8-22-23/h1-4,7-9H,5-6,10H2,(H,21,24). The number of nitrogens with one attached hydrogen (secondary N) is 1. The molecule has 0 radical (unpaired) electrons. The number of carbonyl (C=O) groups is 1. The Hall–Kier alpha value is -1.96. The third kappa shape index (κ3) is 5.03. The summed E-state index contributed by atoms with van der Waals surface area (Å²) in [6, 6.07) is 8.61. The van der Waals surface area contributed by atoms with Crippen molar-refractivity contribution >= 4 is 45.0 Å². The Labute approximate surface area is 168 Å². The van der Waals surface area contributed by atoms with Gasteiger partial charge in [0, 0.05) is 17.2 Å². The van der Waals surface area contributed by atoms with Gasteiger partial charge >= 0.3 is 0 Å². The lowest BCUT2D eigenvalue weighted by molar-refractivity contribution is 0.0920. The van der Waals surface area contributed by atoms with Crippen LogP contribution in [-0.2, 0) is 13.2 Å². The Morgan fingerprint density at radius 3 is 2.88 bits per heavy atom. The van der Waals surface area contributed by atoms with E-state index in [0.29, 0.717) is 34.6 Å². The molecular formula is C17H14BrCl2N3O3. The summed E-state index contributed by atoms with van der Waals surface area (Å²) in [7, 11) is 0. The van der Waals surface area contributed by atoms with E-state index >= 15 is 0 Å². The number of nitrogens with zero attached hydrogens (tertiary/aromatic N) is 2. The highest BCUT2D eigenvalue weighted by Gasteiger charge is 2.12. The number of hydrogen-bond donors (Lipinski definition) is 1. The van der Waals surface area contributed by atoms with Crippen molar-refractivity contribution in [2.45, 2.75) is 13.2 Å². The first-order valence-corrected chi connectivity index (χ1v) is 9.19. The summed E-state index contributed by atoms with van der Waals surface area (Å²) in [5.41, 5.74) is 0. The third-order valence-corrected chi connectivity index (χ3v) is 4.36. The summed E-state index contributed by atoms with van der Waals surface area (Å²) in [6.45, 7) is 1.08. The molecule has 0 bridgehead atoms. The summed E-state index contributed by atoms with van der Waals surface area (Å²) in [6.07, 6.45) is 3.23. The van der Waals surface area contributed by atoms with Crippen LogP contribution in [0.3, 0.4) is 0 Å². The monoisotopic (exact) mass is 457 g/mol. The number of rotatable bonds is 7. The normalized spacial score (nSPS) is 10.7. The van der Waals surface area contributed by atoms with Crippen molar-refractivity contribution < 1.29 is 13.9 Å². The zero-order valence-electron chi connectivity index (χ0n) is 13.4. The molecular weight excluding hydrogens is 445 g/mol. The fourth-order valence-electron chi connectivity index (χ4n) is 2.15. The molecule has 1 N–H and O–H groups in total. The van der Waals surface area contributed by atoms with Crippen LogP contribution in [-0.4, -0.2) is 22.2 Å². The summed E-state index contributed by atoms with van der Waals surface area (Å²) in [5.74, 6) is 0.961. The summed E-state index contributed by atoms with van der Waals surface area (Å²) >= 11 is 15.2. The van der Waals surface area contributed by atoms with Crippen molar-refractivity contribution in [1.82, 2.24) is 15.1 Å². The average Bonchev–Trinajstić information content (AvgIpc) is 3.23. The molecule has 6 nitrogen and oxygen atoms in total. The van der Waals surface area contributed by atoms with Gasteiger partial charge in [-0.25, -0.2) is 0 Å². The maximum Gasteiger partial charge on any atom is 0.287 e. The molecule has 1 amide bonds. The first-order valence-electron chi connectivity index (χ1n) is 7.64. The fourth-order valence-corrected chi connectivity index (χ4v) is 3.03. The molecule has 26 heavy (non-hydrogen) atoms. The van der Waals surface area contributed by atoms with E-state index in [-0.39, 0.29) is 18.3 Å². The molecule has 1 aromatic carbocycles. The number of ether oxygens (including phenoxy) is 1. The quantitative estimate of drug-likeness (QED) is 0.563. The Morgan fingerprint density at radius 2 is 2.15 bits per heavy atom. The molecule has 3 rings (SSSR count). The highest BCUT2D eigenvalue weighted by atomic mass is 79.9. The first-order chi connectivity index (χ1) is 12.5. The predicted octanol–water partition coefficient (Wildman–Crippen LogP) is 4.55. The van der Waals surface area contributed by atoms with Gasteiger partial charge in [-0.2, -0.15) is 5.10 Å². The topological polar surface area (TPSA) is 69.3 Å². The van der Waals surface area contributed by atoms with Crippen molar-refractivity contribution in [1.29, 1.82) is 0 Å². The smallest absolute Gasteiger partial charge is 0.287 e. The van der Waals surface area contributed by atoms with Crippen molar-refractivity contribution in [2.24, 2.45) is 0 Å². The number of hydrogen-bond acceptors (Lipinski definition) is 4. The van der Waals surface area contributed by atoms with Gasteiger partial charge in [-0.3, -0.25) is 9.48 Å². The number of aromatic nitrogens is 2. The van der Waals surface area contributed by atoms with E-state index in [4.69, 9.17) is 32.4 Å². The number of benzene rings is 1. The SMILES string of the molecule is O=C(NCCn1cc(Cl)cn1)c1ccc(COc2ccc(Br)cc2Cl)o1. The van der Waals surface area contributed by atoms with Crippen LogP contribution in [0.2, 0.25) is 10.0 Å². The summed E-state index contributed by atoms with van der Waals surface area (Å²) in [4.78, 5) is 12.1. The van der Waals surface area contributed by atoms with E-state index in [0.717, 1.165) is 4.47 Å². The molecule has 0 fully saturated rings. The van der Waals surface area contributed by atoms with Crippen molar-refractivity contribution in [3.63, 3.8) is 0 Å². The van der Waals surface area contributed by atoms with Crippen molar-refractivity contribution in [3.8, 4) is 5.75 Å². The number of amides is 1. The van der Waals surface area contributed by atoms with E-state index in [1.165, 1.54) is 0 Å². The minimum absolute atomic E-state index is 0.167. The minimum Gasteiger partial charge on any atom is -0.484 e. The third-order valence-electron chi connectivity index (χ3n) is 3.38. The predicted molar refractivity (Wildman–Crippen MR) is 102 cm³/mol. The van der Waals surface area contributed by atoms with Gasteiger partial charge in [0.2, 0.25) is 0 Å². The molecule has 9 heteroatoms. The molecule has 0 spiro atoms. The zero-order chi connectivity index (χ0) is 18.5. The Balaban J connectivity index is 1.49. The Bertz CT molecular complexity index is 910. The van der Waals surface area contributed by atoms with Crippen LogP contribution >= 0.6 is 39.1 Å². The number of carbonyl (C=O) groups excluding carboxylic acids is 1. The zero-order valence-corrected chi connectivity index (χ0v) is 16.5. The van der Waals surface area contributed by atoms with Gasteiger partial charge in [-0.05, 0) is 30.3 Å². The highest BCUT2D eigenvalue weighted by molar-refractivity contribution is 9.10. The van der Waals surface area contributed by atoms with Gasteiger partial charge in [-0.1, -0.05) is 39.1 Å². The van der Waals surface area contributed by atoms with Gasteiger partial charge in [0.05, 0.1) is 22.8 Å². The minimum atomic E-state index is -0.309. The summed E-state index contributed by atoms with van der Waals surface area (Å²) < 4.78 is 13.6. The van der Waals surface area contributed by atoms with Crippen LogP contribution in [0.25, 0.3) is 0 Å². The lowest BCUT2D eigenvalue weighted by Crippen LogP contribution is -2.27. The van der Waals surface area contributed by atoms with Crippen molar-refractivity contribution in [3.05, 3.63) is 68.8 Å². The first kappa shape index (κ1) is 18.8. The van der Waals surface area contributed by atoms with Crippen LogP contribution in [0.4, 0.5) is 0 Å². The lowest BCUT2D eigenvalue weighted by atomic mass is 10.3. The molecule has 0 aliphatic carbocycles. The Kier molecular flexibility index (Phi) is 6.24. The number of halogens is 3. The van der Waals surface area contributed by atoms with Crippen LogP contribution in [0.1, 0.15) is 16.3 Å². The van der Waals surface area contributed by atoms with Gasteiger partial charge < -0.3 is 14.5 Å². The number of furan rings is 1. The van der Waals surface area contributed by atoms with Gasteiger partial charge in [0.1, 0.15) is 18.1 Å². The van der Waals surface area contributed by atoms with E-state index in [1.54, 1.807) is 41.3 Å². The van der Waals surface area contributed by atoms with Crippen LogP contribution < -0.4 is 10.1 Å². The molecule has 0 unspecified atom stereocenters. The maximum absolute atomic E-state index is 12.1. The highest BCUT2D eigenvalue weighted by Crippen LogP contribution is 2.28. The Morgan fingerprint density at radius 1 is 1.31 bits per heavy atom. The van der Waals surface area contributed by atoms with Crippen LogP contribution in [0.5, 0.6) is 5.75 Å². The lowest BCUT2D eigenvalue weighted by Gasteiger charge is -2.06. The van der Waals surface area contributed by atoms with Gasteiger partial charge in [0.15, 0.2) is 5.76 Å². The second-order valence-corrected chi connectivity index (χ2v) is 7.07. The molecule has 3 aromatic rings. The second-order valence-electron chi connectivity index (χ2n) is 5.31. The summed E-state index contributed by atoms with van der Waals surface area (Å²) in [5, 5.41) is 7.83. The molecule has 0 aliphatic heterocycles. The molecule has 0 atom stereocenters. The maximum atomic E-state index is 12.1. The van der Waals surface area contributed by atoms with Gasteiger partial charge in [-0.15, -0.1) is 0 Å². The van der Waals surface area contributed by atoms with Gasteiger partial charge in [0.25, 0.3) is 5.91 Å². The van der Waals surface area contributed by atoms with Crippen molar-refractivity contribution in [2.75, 3.05) is 6.54 Å². The second kappa shape index (κ2) is 8.62. The molecule has 0 aliphatic rings. The average molecular weight is 459 g/mol. The molecule has 136 valence electrons.